The van der Waals surface area contributed by atoms with Crippen LogP contribution in [0.1, 0.15) is 21.5 Å². The van der Waals surface area contributed by atoms with E-state index in [1.165, 1.54) is 0 Å². The fraction of sp³-hybridized carbons (Fsp3) is 0.125. The van der Waals surface area contributed by atoms with Crippen LogP contribution < -0.4 is 11.1 Å². The molecule has 0 bridgehead atoms. The number of aryl methyl sites for hydroxylation is 1. The first-order chi connectivity index (χ1) is 9.61. The van der Waals surface area contributed by atoms with Gasteiger partial charge >= 0.3 is 0 Å². The molecule has 0 aliphatic rings. The van der Waals surface area contributed by atoms with Crippen LogP contribution in [0.3, 0.4) is 0 Å². The number of anilines is 2. The molecule has 0 spiro atoms. The zero-order chi connectivity index (χ0) is 14.5. The van der Waals surface area contributed by atoms with E-state index < -0.39 is 0 Å². The molecule has 0 radical (unpaired) electrons. The fourth-order valence-corrected chi connectivity index (χ4v) is 1.99. The van der Waals surface area contributed by atoms with Crippen molar-refractivity contribution in [3.05, 3.63) is 59.2 Å². The van der Waals surface area contributed by atoms with Gasteiger partial charge in [-0.1, -0.05) is 24.3 Å². The second kappa shape index (κ2) is 5.89. The van der Waals surface area contributed by atoms with Gasteiger partial charge in [-0.2, -0.15) is 5.26 Å². The van der Waals surface area contributed by atoms with Crippen LogP contribution in [0.15, 0.2) is 42.5 Å². The number of nitrogens with zero attached hydrogens (tertiary/aromatic N) is 1. The number of hydrogen-bond donors (Lipinski definition) is 2. The van der Waals surface area contributed by atoms with E-state index in [0.29, 0.717) is 23.4 Å². The van der Waals surface area contributed by atoms with E-state index in [4.69, 9.17) is 11.0 Å². The predicted molar refractivity (Wildman–Crippen MR) is 79.3 cm³/mol. The highest BCUT2D eigenvalue weighted by Crippen LogP contribution is 2.18. The number of amides is 1. The normalized spacial score (nSPS) is 9.80. The number of nitrogens with two attached hydrogens (primary N) is 1. The third-order valence-corrected chi connectivity index (χ3v) is 3.03. The van der Waals surface area contributed by atoms with Gasteiger partial charge in [-0.3, -0.25) is 4.79 Å². The zero-order valence-corrected chi connectivity index (χ0v) is 11.2. The topological polar surface area (TPSA) is 78.9 Å². The van der Waals surface area contributed by atoms with E-state index >= 15 is 0 Å². The van der Waals surface area contributed by atoms with Crippen molar-refractivity contribution < 1.29 is 4.79 Å². The van der Waals surface area contributed by atoms with Gasteiger partial charge in [0.15, 0.2) is 0 Å². The SMILES string of the molecule is Cc1cccc(N)c1C(=O)Nc1ccc(CC#N)cc1. The van der Waals surface area contributed by atoms with Crippen molar-refractivity contribution in [2.45, 2.75) is 13.3 Å². The van der Waals surface area contributed by atoms with Gasteiger partial charge in [0.05, 0.1) is 18.1 Å². The van der Waals surface area contributed by atoms with E-state index in [-0.39, 0.29) is 5.91 Å². The Balaban J connectivity index is 2.18. The number of nitrogens with one attached hydrogen (secondary N) is 1. The maximum absolute atomic E-state index is 12.2. The van der Waals surface area contributed by atoms with E-state index in [2.05, 4.69) is 11.4 Å². The Morgan fingerprint density at radius 2 is 1.95 bits per heavy atom. The molecule has 100 valence electrons. The Bertz CT molecular complexity index is 649. The fourth-order valence-electron chi connectivity index (χ4n) is 1.99. The predicted octanol–water partition coefficient (Wildman–Crippen LogP) is 2.90. The molecule has 2 rings (SSSR count). The van der Waals surface area contributed by atoms with Gasteiger partial charge in [-0.25, -0.2) is 0 Å². The Morgan fingerprint density at radius 1 is 1.25 bits per heavy atom. The van der Waals surface area contributed by atoms with E-state index in [1.54, 1.807) is 18.2 Å². The van der Waals surface area contributed by atoms with Crippen LogP contribution in [0.25, 0.3) is 0 Å². The lowest BCUT2D eigenvalue weighted by molar-refractivity contribution is 0.102. The van der Waals surface area contributed by atoms with Crippen LogP contribution in [0, 0.1) is 18.3 Å². The van der Waals surface area contributed by atoms with Gasteiger partial charge in [-0.15, -0.1) is 0 Å². The summed E-state index contributed by atoms with van der Waals surface area (Å²) >= 11 is 0. The number of benzene rings is 2. The summed E-state index contributed by atoms with van der Waals surface area (Å²) in [6.07, 6.45) is 0.360. The average Bonchev–Trinajstić information content (AvgIpc) is 2.41. The molecule has 2 aromatic carbocycles. The number of nitrogen functional groups attached to an aromatic ring is 1. The molecule has 0 unspecified atom stereocenters. The largest absolute Gasteiger partial charge is 0.398 e. The molecule has 0 aliphatic heterocycles. The molecule has 0 aliphatic carbocycles. The third-order valence-electron chi connectivity index (χ3n) is 3.03. The number of rotatable bonds is 3. The minimum Gasteiger partial charge on any atom is -0.398 e. The number of carbonyl (C=O) groups is 1. The zero-order valence-electron chi connectivity index (χ0n) is 11.2. The molecule has 0 saturated heterocycles. The van der Waals surface area contributed by atoms with E-state index in [1.807, 2.05) is 31.2 Å². The summed E-state index contributed by atoms with van der Waals surface area (Å²) in [4.78, 5) is 12.2. The van der Waals surface area contributed by atoms with Crippen molar-refractivity contribution in [3.63, 3.8) is 0 Å². The van der Waals surface area contributed by atoms with Crippen molar-refractivity contribution >= 4 is 17.3 Å². The molecule has 0 atom stereocenters. The van der Waals surface area contributed by atoms with Gasteiger partial charge in [0.2, 0.25) is 0 Å². The molecule has 4 nitrogen and oxygen atoms in total. The average molecular weight is 265 g/mol. The lowest BCUT2D eigenvalue weighted by atomic mass is 10.1. The first kappa shape index (κ1) is 13.6. The summed E-state index contributed by atoms with van der Waals surface area (Å²) < 4.78 is 0. The molecule has 4 heteroatoms. The molecule has 0 fully saturated rings. The molecule has 2 aromatic rings. The third kappa shape index (κ3) is 2.96. The highest BCUT2D eigenvalue weighted by atomic mass is 16.1. The van der Waals surface area contributed by atoms with E-state index in [9.17, 15) is 4.79 Å². The van der Waals surface area contributed by atoms with Crippen molar-refractivity contribution in [2.24, 2.45) is 0 Å². The summed E-state index contributed by atoms with van der Waals surface area (Å²) in [5.74, 6) is -0.228. The first-order valence-electron chi connectivity index (χ1n) is 6.24. The Labute approximate surface area is 117 Å². The second-order valence-corrected chi connectivity index (χ2v) is 4.53. The maximum Gasteiger partial charge on any atom is 0.258 e. The molecular weight excluding hydrogens is 250 g/mol. The van der Waals surface area contributed by atoms with Crippen molar-refractivity contribution in [2.75, 3.05) is 11.1 Å². The summed E-state index contributed by atoms with van der Waals surface area (Å²) in [6, 6.07) is 14.6. The lowest BCUT2D eigenvalue weighted by Crippen LogP contribution is -2.15. The molecule has 0 heterocycles. The minimum absolute atomic E-state index is 0.228. The van der Waals surface area contributed by atoms with Crippen molar-refractivity contribution in [1.29, 1.82) is 5.26 Å². The minimum atomic E-state index is -0.228. The van der Waals surface area contributed by atoms with Crippen LogP contribution in [0.5, 0.6) is 0 Å². The maximum atomic E-state index is 12.2. The quantitative estimate of drug-likeness (QED) is 0.837. The Hall–Kier alpha value is -2.80. The molecule has 0 aromatic heterocycles. The molecule has 0 saturated carbocycles. The summed E-state index contributed by atoms with van der Waals surface area (Å²) in [5.41, 5.74) is 9.23. The van der Waals surface area contributed by atoms with Crippen LogP contribution in [-0.2, 0) is 6.42 Å². The van der Waals surface area contributed by atoms with Gasteiger partial charge < -0.3 is 11.1 Å². The van der Waals surface area contributed by atoms with Crippen LogP contribution in [0.2, 0.25) is 0 Å². The number of nitriles is 1. The standard InChI is InChI=1S/C16H15N3O/c1-11-3-2-4-14(18)15(11)16(20)19-13-7-5-12(6-8-13)9-10-17/h2-8H,9,18H2,1H3,(H,19,20). The van der Waals surface area contributed by atoms with Gasteiger partial charge in [0.1, 0.15) is 0 Å². The Kier molecular flexibility index (Phi) is 4.02. The highest BCUT2D eigenvalue weighted by molar-refractivity contribution is 6.08. The molecule has 3 N–H and O–H groups in total. The lowest BCUT2D eigenvalue weighted by Gasteiger charge is -2.10. The van der Waals surface area contributed by atoms with E-state index in [0.717, 1.165) is 11.1 Å². The Morgan fingerprint density at radius 3 is 2.55 bits per heavy atom. The van der Waals surface area contributed by atoms with Gasteiger partial charge in [0, 0.05) is 11.4 Å². The van der Waals surface area contributed by atoms with Crippen LogP contribution in [-0.4, -0.2) is 5.91 Å². The number of carbonyl (C=O) groups excluding carboxylic acids is 1. The van der Waals surface area contributed by atoms with Gasteiger partial charge in [0.25, 0.3) is 5.91 Å². The second-order valence-electron chi connectivity index (χ2n) is 4.53. The molecular formula is C16H15N3O. The first-order valence-corrected chi connectivity index (χ1v) is 6.24. The molecule has 20 heavy (non-hydrogen) atoms. The van der Waals surface area contributed by atoms with Crippen molar-refractivity contribution in [1.82, 2.24) is 0 Å². The van der Waals surface area contributed by atoms with Crippen LogP contribution >= 0.6 is 0 Å². The summed E-state index contributed by atoms with van der Waals surface area (Å²) in [6.45, 7) is 1.85. The monoisotopic (exact) mass is 265 g/mol. The smallest absolute Gasteiger partial charge is 0.258 e. The summed E-state index contributed by atoms with van der Waals surface area (Å²) in [7, 11) is 0. The molecule has 1 amide bonds. The van der Waals surface area contributed by atoms with Crippen molar-refractivity contribution in [3.8, 4) is 6.07 Å². The number of hydrogen-bond acceptors (Lipinski definition) is 3. The van der Waals surface area contributed by atoms with Crippen LogP contribution in [0.4, 0.5) is 11.4 Å². The summed E-state index contributed by atoms with van der Waals surface area (Å²) in [5, 5.41) is 11.4. The van der Waals surface area contributed by atoms with Gasteiger partial charge in [-0.05, 0) is 36.2 Å². The highest BCUT2D eigenvalue weighted by Gasteiger charge is 2.12.